The summed E-state index contributed by atoms with van der Waals surface area (Å²) < 4.78 is 17.0. The molecule has 0 saturated heterocycles. The van der Waals surface area contributed by atoms with Gasteiger partial charge in [-0.1, -0.05) is 140 Å². The molecule has 8 heteroatoms. The van der Waals surface area contributed by atoms with Crippen molar-refractivity contribution in [3.05, 3.63) is 48.6 Å². The zero-order valence-corrected chi connectivity index (χ0v) is 34.7. The van der Waals surface area contributed by atoms with Crippen LogP contribution in [0.2, 0.25) is 0 Å². The number of likely N-dealkylation sites (N-methyl/N-ethyl adjacent to an activating group) is 1. The first-order valence-corrected chi connectivity index (χ1v) is 21.2. The number of aliphatic carboxylic acids is 1. The number of carboxylic acid groups (broad SMARTS) is 1. The van der Waals surface area contributed by atoms with E-state index in [1.165, 1.54) is 77.0 Å². The molecule has 306 valence electrons. The maximum Gasteiger partial charge on any atom is 0.306 e. The molecular weight excluding hydrogens is 666 g/mol. The number of rotatable bonds is 37. The minimum absolute atomic E-state index is 0.0279. The first-order valence-electron chi connectivity index (χ1n) is 21.2. The Labute approximate surface area is 325 Å². The first kappa shape index (κ1) is 50.3. The van der Waals surface area contributed by atoms with E-state index in [4.69, 9.17) is 14.2 Å². The van der Waals surface area contributed by atoms with E-state index >= 15 is 0 Å². The molecule has 0 bridgehead atoms. The minimum atomic E-state index is -1.13. The van der Waals surface area contributed by atoms with E-state index in [1.54, 1.807) is 21.1 Å². The molecule has 0 radical (unpaired) electrons. The molecule has 0 fully saturated rings. The van der Waals surface area contributed by atoms with E-state index in [0.717, 1.165) is 51.4 Å². The third-order valence-electron chi connectivity index (χ3n) is 9.21. The zero-order chi connectivity index (χ0) is 39.3. The van der Waals surface area contributed by atoms with Crippen molar-refractivity contribution in [2.45, 2.75) is 180 Å². The van der Waals surface area contributed by atoms with Crippen molar-refractivity contribution in [3.63, 3.8) is 0 Å². The Hall–Kier alpha value is -2.71. The molecule has 2 atom stereocenters. The summed E-state index contributed by atoms with van der Waals surface area (Å²) in [5.41, 5.74) is 0. The SMILES string of the molecule is CC/C=C/C/C=C/C/C=C/CCCCCCCCCCCCCC(=O)OC(COCCC(C(=O)[O-])[N+](C)(C)C)COC(=O)CC/C=C/CCCCCC. The van der Waals surface area contributed by atoms with Gasteiger partial charge >= 0.3 is 11.9 Å². The zero-order valence-electron chi connectivity index (χ0n) is 34.7. The Balaban J connectivity index is 4.26. The Kier molecular flexibility index (Phi) is 34.4. The second-order valence-electron chi connectivity index (χ2n) is 15.2. The molecule has 0 heterocycles. The Morgan fingerprint density at radius 1 is 0.585 bits per heavy atom. The second-order valence-corrected chi connectivity index (χ2v) is 15.2. The van der Waals surface area contributed by atoms with Gasteiger partial charge in [-0.2, -0.15) is 0 Å². The van der Waals surface area contributed by atoms with E-state index in [0.29, 0.717) is 12.8 Å². The van der Waals surface area contributed by atoms with Crippen LogP contribution in [-0.4, -0.2) is 75.5 Å². The van der Waals surface area contributed by atoms with Crippen molar-refractivity contribution in [2.24, 2.45) is 0 Å². The fourth-order valence-corrected chi connectivity index (χ4v) is 5.93. The molecular formula is C45H79NO7. The van der Waals surface area contributed by atoms with Crippen LogP contribution in [0.25, 0.3) is 0 Å². The van der Waals surface area contributed by atoms with Gasteiger partial charge in [-0.15, -0.1) is 0 Å². The standard InChI is InChI=1S/C45H79NO7/c1-6-8-10-12-14-16-17-18-19-20-21-22-23-24-25-26-27-28-30-32-34-36-44(48)53-41(39-51-38-37-42(45(49)50)46(3,4)5)40-52-43(47)35-33-31-29-15-13-11-9-7-2/h8,10,14,16,18-19,29,31,41-42H,6-7,9,11-13,15,17,20-28,30,32-40H2,1-5H3/b10-8+,16-14+,19-18+,31-29+. The lowest BCUT2D eigenvalue weighted by Gasteiger charge is -2.34. The van der Waals surface area contributed by atoms with Gasteiger partial charge in [0.25, 0.3) is 0 Å². The molecule has 53 heavy (non-hydrogen) atoms. The van der Waals surface area contributed by atoms with Crippen LogP contribution < -0.4 is 5.11 Å². The van der Waals surface area contributed by atoms with Crippen molar-refractivity contribution in [1.82, 2.24) is 0 Å². The highest BCUT2D eigenvalue weighted by Crippen LogP contribution is 2.14. The van der Waals surface area contributed by atoms with Gasteiger partial charge in [-0.05, 0) is 57.8 Å². The summed E-state index contributed by atoms with van der Waals surface area (Å²) in [6.07, 6.45) is 41.6. The predicted molar refractivity (Wildman–Crippen MR) is 217 cm³/mol. The molecule has 0 aromatic rings. The van der Waals surface area contributed by atoms with Crippen molar-refractivity contribution in [3.8, 4) is 0 Å². The molecule has 0 aliphatic carbocycles. The number of allylic oxidation sites excluding steroid dienone is 8. The van der Waals surface area contributed by atoms with Gasteiger partial charge < -0.3 is 28.6 Å². The van der Waals surface area contributed by atoms with Crippen LogP contribution in [0.4, 0.5) is 0 Å². The van der Waals surface area contributed by atoms with Gasteiger partial charge in [0.05, 0.1) is 40.3 Å². The average molecular weight is 746 g/mol. The summed E-state index contributed by atoms with van der Waals surface area (Å²) >= 11 is 0. The largest absolute Gasteiger partial charge is 0.544 e. The summed E-state index contributed by atoms with van der Waals surface area (Å²) in [6, 6.07) is -0.729. The van der Waals surface area contributed by atoms with Crippen molar-refractivity contribution >= 4 is 17.9 Å². The normalized spacial score (nSPS) is 13.5. The molecule has 0 aromatic heterocycles. The van der Waals surface area contributed by atoms with Crippen LogP contribution >= 0.6 is 0 Å². The van der Waals surface area contributed by atoms with Crippen LogP contribution in [-0.2, 0) is 28.6 Å². The number of hydrogen-bond donors (Lipinski definition) is 0. The Bertz CT molecular complexity index is 1010. The summed E-state index contributed by atoms with van der Waals surface area (Å²) in [5.74, 6) is -1.81. The highest BCUT2D eigenvalue weighted by Gasteiger charge is 2.25. The number of carbonyl (C=O) groups is 3. The van der Waals surface area contributed by atoms with E-state index in [1.807, 2.05) is 6.08 Å². The summed E-state index contributed by atoms with van der Waals surface area (Å²) in [5, 5.41) is 11.6. The Morgan fingerprint density at radius 2 is 1.09 bits per heavy atom. The summed E-state index contributed by atoms with van der Waals surface area (Å²) in [6.45, 7) is 4.45. The van der Waals surface area contributed by atoms with Gasteiger partial charge in [-0.3, -0.25) is 9.59 Å². The average Bonchev–Trinajstić information content (AvgIpc) is 3.11. The maximum atomic E-state index is 12.7. The smallest absolute Gasteiger partial charge is 0.306 e. The van der Waals surface area contributed by atoms with Crippen LogP contribution in [0.15, 0.2) is 48.6 Å². The molecule has 0 N–H and O–H groups in total. The number of nitrogens with zero attached hydrogens (tertiary/aromatic N) is 1. The molecule has 0 saturated carbocycles. The van der Waals surface area contributed by atoms with Gasteiger partial charge in [0.1, 0.15) is 12.6 Å². The van der Waals surface area contributed by atoms with Crippen LogP contribution in [0.3, 0.4) is 0 Å². The topological polar surface area (TPSA) is 102 Å². The molecule has 0 spiro atoms. The number of hydrogen-bond acceptors (Lipinski definition) is 7. The van der Waals surface area contributed by atoms with Crippen LogP contribution in [0.1, 0.15) is 168 Å². The number of quaternary nitrogens is 1. The van der Waals surface area contributed by atoms with E-state index in [2.05, 4.69) is 56.4 Å². The fourth-order valence-electron chi connectivity index (χ4n) is 5.93. The third-order valence-corrected chi connectivity index (χ3v) is 9.21. The summed E-state index contributed by atoms with van der Waals surface area (Å²) in [7, 11) is 5.39. The predicted octanol–water partition coefficient (Wildman–Crippen LogP) is 9.91. The highest BCUT2D eigenvalue weighted by molar-refractivity contribution is 5.70. The molecule has 0 aromatic carbocycles. The lowest BCUT2D eigenvalue weighted by molar-refractivity contribution is -0.889. The van der Waals surface area contributed by atoms with Gasteiger partial charge in [0.15, 0.2) is 6.10 Å². The molecule has 0 aliphatic heterocycles. The van der Waals surface area contributed by atoms with Gasteiger partial charge in [0.2, 0.25) is 0 Å². The summed E-state index contributed by atoms with van der Waals surface area (Å²) in [4.78, 5) is 36.6. The third kappa shape index (κ3) is 34.8. The van der Waals surface area contributed by atoms with Crippen molar-refractivity contribution < 1.29 is 38.2 Å². The number of ether oxygens (including phenoxy) is 3. The molecule has 0 aliphatic rings. The number of unbranched alkanes of at least 4 members (excludes halogenated alkanes) is 15. The lowest BCUT2D eigenvalue weighted by atomic mass is 10.0. The van der Waals surface area contributed by atoms with Crippen molar-refractivity contribution in [2.75, 3.05) is 41.0 Å². The van der Waals surface area contributed by atoms with E-state index in [-0.39, 0.29) is 49.1 Å². The van der Waals surface area contributed by atoms with Crippen LogP contribution in [0, 0.1) is 0 Å². The number of esters is 2. The van der Waals surface area contributed by atoms with E-state index in [9.17, 15) is 19.5 Å². The first-order chi connectivity index (χ1) is 25.6. The maximum absolute atomic E-state index is 12.7. The van der Waals surface area contributed by atoms with Crippen LogP contribution in [0.5, 0.6) is 0 Å². The monoisotopic (exact) mass is 746 g/mol. The number of carboxylic acids is 1. The number of carbonyl (C=O) groups excluding carboxylic acids is 3. The molecule has 0 rings (SSSR count). The highest BCUT2D eigenvalue weighted by atomic mass is 16.6. The van der Waals surface area contributed by atoms with Gasteiger partial charge in [0, 0.05) is 19.3 Å². The quantitative estimate of drug-likeness (QED) is 0.0270. The molecule has 2 unspecified atom stereocenters. The Morgan fingerprint density at radius 3 is 1.66 bits per heavy atom. The fraction of sp³-hybridized carbons (Fsp3) is 0.756. The van der Waals surface area contributed by atoms with Crippen molar-refractivity contribution in [1.29, 1.82) is 0 Å². The van der Waals surface area contributed by atoms with E-state index < -0.39 is 18.1 Å². The molecule has 0 amide bonds. The second kappa shape index (κ2) is 36.3. The molecule has 8 nitrogen and oxygen atoms in total. The minimum Gasteiger partial charge on any atom is -0.544 e. The van der Waals surface area contributed by atoms with Gasteiger partial charge in [-0.25, -0.2) is 0 Å². The lowest BCUT2D eigenvalue weighted by Crippen LogP contribution is -2.55.